The molecule has 1 saturated carbocycles. The fraction of sp³-hybridized carbons (Fsp3) is 0.500. The zero-order valence-corrected chi connectivity index (χ0v) is 18.3. The van der Waals surface area contributed by atoms with Crippen LogP contribution in [0.4, 0.5) is 5.13 Å². The third-order valence-electron chi connectivity index (χ3n) is 5.55. The smallest absolute Gasteiger partial charge is 0.239 e. The molecule has 0 unspecified atom stereocenters. The monoisotopic (exact) mass is 411 g/mol. The number of nitrogens with zero attached hydrogens (tertiary/aromatic N) is 4. The molecule has 1 aliphatic rings. The summed E-state index contributed by atoms with van der Waals surface area (Å²) in [4.78, 5) is 19.3. The van der Waals surface area contributed by atoms with E-state index in [-0.39, 0.29) is 5.91 Å². The van der Waals surface area contributed by atoms with Crippen LogP contribution in [0.15, 0.2) is 24.3 Å². The van der Waals surface area contributed by atoms with E-state index in [4.69, 9.17) is 4.98 Å². The number of anilines is 1. The second-order valence-electron chi connectivity index (χ2n) is 8.10. The quantitative estimate of drug-likeness (QED) is 0.633. The predicted octanol–water partition coefficient (Wildman–Crippen LogP) is 4.37. The Morgan fingerprint density at radius 3 is 2.72 bits per heavy atom. The highest BCUT2D eigenvalue weighted by Crippen LogP contribution is 2.32. The lowest BCUT2D eigenvalue weighted by Crippen LogP contribution is -2.40. The minimum atomic E-state index is 0.0793. The number of rotatable bonds is 5. The predicted molar refractivity (Wildman–Crippen MR) is 119 cm³/mol. The molecule has 1 fully saturated rings. The first-order valence-electron chi connectivity index (χ1n) is 10.4. The number of likely N-dealkylation sites (N-methyl/N-ethyl adjacent to an activating group) is 1. The standard InChI is InChI=1S/C22H29N5OS/c1-15-9-8-12-18(13-15)27-21-20(16(2)25-27)29-22(24-21)26(3)14-19(28)23-17-10-6-4-5-7-11-17/h8-9,12-13,17H,4-7,10-11,14H2,1-3H3,(H,23,28). The number of benzene rings is 1. The first kappa shape index (κ1) is 19.9. The molecule has 1 aliphatic carbocycles. The van der Waals surface area contributed by atoms with Gasteiger partial charge in [0.2, 0.25) is 5.91 Å². The number of thiazole rings is 1. The number of hydrogen-bond acceptors (Lipinski definition) is 5. The van der Waals surface area contributed by atoms with Crippen LogP contribution in [0.3, 0.4) is 0 Å². The van der Waals surface area contributed by atoms with Crippen molar-refractivity contribution in [3.8, 4) is 5.69 Å². The highest BCUT2D eigenvalue weighted by atomic mass is 32.1. The molecule has 2 aromatic heterocycles. The van der Waals surface area contributed by atoms with Gasteiger partial charge in [0, 0.05) is 13.1 Å². The molecular weight excluding hydrogens is 382 g/mol. The van der Waals surface area contributed by atoms with Crippen LogP contribution in [0, 0.1) is 13.8 Å². The lowest BCUT2D eigenvalue weighted by Gasteiger charge is -2.20. The Balaban J connectivity index is 1.50. The third kappa shape index (κ3) is 4.45. The van der Waals surface area contributed by atoms with Gasteiger partial charge in [0.05, 0.1) is 22.6 Å². The van der Waals surface area contributed by atoms with E-state index < -0.39 is 0 Å². The molecule has 3 aromatic rings. The van der Waals surface area contributed by atoms with Crippen molar-refractivity contribution in [3.05, 3.63) is 35.5 Å². The Morgan fingerprint density at radius 2 is 2.00 bits per heavy atom. The largest absolute Gasteiger partial charge is 0.352 e. The molecule has 154 valence electrons. The summed E-state index contributed by atoms with van der Waals surface area (Å²) in [7, 11) is 1.93. The number of amides is 1. The maximum Gasteiger partial charge on any atom is 0.239 e. The summed E-state index contributed by atoms with van der Waals surface area (Å²) in [5.74, 6) is 0.0793. The minimum Gasteiger partial charge on any atom is -0.352 e. The van der Waals surface area contributed by atoms with Crippen LogP contribution in [0.25, 0.3) is 16.0 Å². The van der Waals surface area contributed by atoms with Crippen molar-refractivity contribution in [2.75, 3.05) is 18.5 Å². The normalized spacial score (nSPS) is 15.4. The summed E-state index contributed by atoms with van der Waals surface area (Å²) >= 11 is 1.59. The van der Waals surface area contributed by atoms with E-state index in [1.165, 1.54) is 31.2 Å². The Bertz CT molecular complexity index is 1000. The number of carbonyl (C=O) groups is 1. The fourth-order valence-electron chi connectivity index (χ4n) is 4.01. The lowest BCUT2D eigenvalue weighted by molar-refractivity contribution is -0.120. The molecule has 0 atom stereocenters. The van der Waals surface area contributed by atoms with Crippen molar-refractivity contribution in [1.82, 2.24) is 20.1 Å². The molecule has 0 aliphatic heterocycles. The molecule has 1 N–H and O–H groups in total. The van der Waals surface area contributed by atoms with E-state index >= 15 is 0 Å². The molecule has 7 heteroatoms. The molecular formula is C22H29N5OS. The van der Waals surface area contributed by atoms with Gasteiger partial charge in [-0.25, -0.2) is 4.68 Å². The van der Waals surface area contributed by atoms with Crippen molar-refractivity contribution < 1.29 is 4.79 Å². The van der Waals surface area contributed by atoms with Gasteiger partial charge in [0.15, 0.2) is 10.8 Å². The number of fused-ring (bicyclic) bond motifs is 1. The summed E-state index contributed by atoms with van der Waals surface area (Å²) in [5, 5.41) is 8.74. The van der Waals surface area contributed by atoms with E-state index in [1.807, 2.05) is 35.7 Å². The van der Waals surface area contributed by atoms with Crippen LogP contribution in [0.2, 0.25) is 0 Å². The molecule has 29 heavy (non-hydrogen) atoms. The number of carbonyl (C=O) groups excluding carboxylic acids is 1. The second kappa shape index (κ2) is 8.53. The summed E-state index contributed by atoms with van der Waals surface area (Å²) in [5.41, 5.74) is 4.01. The minimum absolute atomic E-state index is 0.0793. The van der Waals surface area contributed by atoms with E-state index in [1.54, 1.807) is 11.3 Å². The van der Waals surface area contributed by atoms with Gasteiger partial charge in [-0.15, -0.1) is 0 Å². The van der Waals surface area contributed by atoms with Gasteiger partial charge in [-0.05, 0) is 44.4 Å². The molecule has 2 heterocycles. The summed E-state index contributed by atoms with van der Waals surface area (Å²) < 4.78 is 2.97. The first-order valence-corrected chi connectivity index (χ1v) is 11.3. The van der Waals surface area contributed by atoms with Gasteiger partial charge >= 0.3 is 0 Å². The van der Waals surface area contributed by atoms with Gasteiger partial charge in [0.1, 0.15) is 0 Å². The SMILES string of the molecule is Cc1cccc(-n2nc(C)c3sc(N(C)CC(=O)NC4CCCCCC4)nc32)c1. The van der Waals surface area contributed by atoms with Crippen molar-refractivity contribution in [1.29, 1.82) is 0 Å². The van der Waals surface area contributed by atoms with Gasteiger partial charge in [-0.3, -0.25) is 4.79 Å². The Hall–Kier alpha value is -2.41. The van der Waals surface area contributed by atoms with E-state index in [0.717, 1.165) is 39.7 Å². The topological polar surface area (TPSA) is 63.1 Å². The summed E-state index contributed by atoms with van der Waals surface area (Å²) in [6.45, 7) is 4.41. The van der Waals surface area contributed by atoms with E-state index in [9.17, 15) is 4.79 Å². The zero-order chi connectivity index (χ0) is 20.4. The molecule has 0 spiro atoms. The van der Waals surface area contributed by atoms with Gasteiger partial charge in [-0.2, -0.15) is 10.1 Å². The van der Waals surface area contributed by atoms with Gasteiger partial charge in [-0.1, -0.05) is 49.2 Å². The first-order chi connectivity index (χ1) is 14.0. The Kier molecular flexibility index (Phi) is 5.85. The Labute approximate surface area is 175 Å². The third-order valence-corrected chi connectivity index (χ3v) is 6.82. The maximum absolute atomic E-state index is 12.6. The van der Waals surface area contributed by atoms with Crippen LogP contribution in [0.5, 0.6) is 0 Å². The molecule has 0 radical (unpaired) electrons. The number of aryl methyl sites for hydroxylation is 2. The van der Waals surface area contributed by atoms with Gasteiger partial charge < -0.3 is 10.2 Å². The number of hydrogen-bond donors (Lipinski definition) is 1. The highest BCUT2D eigenvalue weighted by Gasteiger charge is 2.20. The molecule has 1 amide bonds. The number of nitrogens with one attached hydrogen (secondary N) is 1. The van der Waals surface area contributed by atoms with Crippen LogP contribution >= 0.6 is 11.3 Å². The molecule has 0 bridgehead atoms. The molecule has 1 aromatic carbocycles. The zero-order valence-electron chi connectivity index (χ0n) is 17.4. The van der Waals surface area contributed by atoms with Crippen molar-refractivity contribution in [2.45, 2.75) is 58.4 Å². The maximum atomic E-state index is 12.6. The molecule has 6 nitrogen and oxygen atoms in total. The fourth-order valence-corrected chi connectivity index (χ4v) is 4.95. The number of aromatic nitrogens is 3. The van der Waals surface area contributed by atoms with E-state index in [0.29, 0.717) is 12.6 Å². The average molecular weight is 412 g/mol. The lowest BCUT2D eigenvalue weighted by atomic mass is 10.1. The summed E-state index contributed by atoms with van der Waals surface area (Å²) in [6, 6.07) is 8.58. The second-order valence-corrected chi connectivity index (χ2v) is 9.07. The Morgan fingerprint density at radius 1 is 1.24 bits per heavy atom. The van der Waals surface area contributed by atoms with Gasteiger partial charge in [0.25, 0.3) is 0 Å². The summed E-state index contributed by atoms with van der Waals surface area (Å²) in [6.07, 6.45) is 7.20. The van der Waals surface area contributed by atoms with Crippen LogP contribution in [0.1, 0.15) is 49.8 Å². The van der Waals surface area contributed by atoms with Crippen molar-refractivity contribution in [3.63, 3.8) is 0 Å². The molecule has 0 saturated heterocycles. The van der Waals surface area contributed by atoms with Crippen molar-refractivity contribution >= 4 is 32.7 Å². The van der Waals surface area contributed by atoms with E-state index in [2.05, 4.69) is 29.5 Å². The van der Waals surface area contributed by atoms with Crippen LogP contribution in [-0.2, 0) is 4.79 Å². The average Bonchev–Trinajstić information content (AvgIpc) is 3.14. The highest BCUT2D eigenvalue weighted by molar-refractivity contribution is 7.22. The van der Waals surface area contributed by atoms with Crippen LogP contribution < -0.4 is 10.2 Å². The van der Waals surface area contributed by atoms with Crippen LogP contribution in [-0.4, -0.2) is 40.3 Å². The van der Waals surface area contributed by atoms with Crippen molar-refractivity contribution in [2.24, 2.45) is 0 Å². The molecule has 4 rings (SSSR count).